The number of urea groups is 1. The summed E-state index contributed by atoms with van der Waals surface area (Å²) in [4.78, 5) is 12.0. The van der Waals surface area contributed by atoms with Crippen LogP contribution in [0.2, 0.25) is 0 Å². The van der Waals surface area contributed by atoms with E-state index < -0.39 is 0 Å². The van der Waals surface area contributed by atoms with Crippen molar-refractivity contribution in [3.05, 3.63) is 35.4 Å². The summed E-state index contributed by atoms with van der Waals surface area (Å²) in [6.07, 6.45) is 5.92. The molecule has 0 unspecified atom stereocenters. The third kappa shape index (κ3) is 4.21. The van der Waals surface area contributed by atoms with E-state index in [0.29, 0.717) is 12.6 Å². The number of hydrogen-bond donors (Lipinski definition) is 3. The number of hydrogen-bond acceptors (Lipinski definition) is 2. The quantitative estimate of drug-likeness (QED) is 0.720. The van der Waals surface area contributed by atoms with Gasteiger partial charge in [0.2, 0.25) is 0 Å². The highest BCUT2D eigenvalue weighted by Crippen LogP contribution is 2.44. The normalized spacial score (nSPS) is 17.8. The first-order valence-corrected chi connectivity index (χ1v) is 7.99. The van der Waals surface area contributed by atoms with Gasteiger partial charge < -0.3 is 15.7 Å². The molecule has 1 aromatic rings. The number of carbonyl (C=O) groups excluding carboxylic acids is 1. The minimum Gasteiger partial charge on any atom is -0.392 e. The zero-order valence-electron chi connectivity index (χ0n) is 12.3. The minimum absolute atomic E-state index is 0.0224. The highest BCUT2D eigenvalue weighted by Gasteiger charge is 2.42. The van der Waals surface area contributed by atoms with Crippen LogP contribution in [0.15, 0.2) is 24.3 Å². The molecule has 21 heavy (non-hydrogen) atoms. The standard InChI is InChI=1S/C17H24N2O2/c20-11-13-3-1-12(2-4-13)9-10-18-17(21)19-16(14-5-6-14)15-7-8-15/h1-4,14-16,20H,5-11H2,(H2,18,19,21). The van der Waals surface area contributed by atoms with Crippen molar-refractivity contribution in [2.24, 2.45) is 11.8 Å². The number of carbonyl (C=O) groups is 1. The van der Waals surface area contributed by atoms with Gasteiger partial charge in [-0.2, -0.15) is 0 Å². The van der Waals surface area contributed by atoms with Gasteiger partial charge in [-0.15, -0.1) is 0 Å². The van der Waals surface area contributed by atoms with Crippen molar-refractivity contribution in [2.75, 3.05) is 6.54 Å². The van der Waals surface area contributed by atoms with E-state index in [1.54, 1.807) is 0 Å². The van der Waals surface area contributed by atoms with E-state index in [4.69, 9.17) is 5.11 Å². The lowest BCUT2D eigenvalue weighted by Gasteiger charge is -2.18. The van der Waals surface area contributed by atoms with E-state index in [1.165, 1.54) is 31.2 Å². The van der Waals surface area contributed by atoms with Crippen LogP contribution < -0.4 is 10.6 Å². The molecule has 2 aliphatic rings. The second kappa shape index (κ2) is 6.48. The van der Waals surface area contributed by atoms with E-state index in [-0.39, 0.29) is 12.6 Å². The van der Waals surface area contributed by atoms with Gasteiger partial charge >= 0.3 is 6.03 Å². The van der Waals surface area contributed by atoms with Crippen LogP contribution >= 0.6 is 0 Å². The van der Waals surface area contributed by atoms with Crippen LogP contribution in [0.4, 0.5) is 4.79 Å². The molecule has 0 heterocycles. The summed E-state index contributed by atoms with van der Waals surface area (Å²) >= 11 is 0. The first-order chi connectivity index (χ1) is 10.3. The summed E-state index contributed by atoms with van der Waals surface area (Å²) in [7, 11) is 0. The molecule has 1 aromatic carbocycles. The maximum absolute atomic E-state index is 12.0. The van der Waals surface area contributed by atoms with Crippen LogP contribution in [0.5, 0.6) is 0 Å². The Morgan fingerprint density at radius 3 is 2.19 bits per heavy atom. The lowest BCUT2D eigenvalue weighted by Crippen LogP contribution is -2.44. The monoisotopic (exact) mass is 288 g/mol. The summed E-state index contributed by atoms with van der Waals surface area (Å²) in [6.45, 7) is 0.719. The van der Waals surface area contributed by atoms with Crippen molar-refractivity contribution < 1.29 is 9.90 Å². The molecule has 0 spiro atoms. The van der Waals surface area contributed by atoms with Gasteiger partial charge in [0, 0.05) is 12.6 Å². The average molecular weight is 288 g/mol. The van der Waals surface area contributed by atoms with E-state index in [1.807, 2.05) is 24.3 Å². The van der Waals surface area contributed by atoms with E-state index in [2.05, 4.69) is 10.6 Å². The highest BCUT2D eigenvalue weighted by atomic mass is 16.3. The topological polar surface area (TPSA) is 61.4 Å². The second-order valence-corrected chi connectivity index (χ2v) is 6.33. The fourth-order valence-corrected chi connectivity index (χ4v) is 2.87. The van der Waals surface area contributed by atoms with Gasteiger partial charge in [0.25, 0.3) is 0 Å². The number of amides is 2. The molecule has 0 aromatic heterocycles. The zero-order valence-corrected chi connectivity index (χ0v) is 12.3. The molecular weight excluding hydrogens is 264 g/mol. The fourth-order valence-electron chi connectivity index (χ4n) is 2.87. The maximum atomic E-state index is 12.0. The maximum Gasteiger partial charge on any atom is 0.315 e. The summed E-state index contributed by atoms with van der Waals surface area (Å²) in [5, 5.41) is 15.1. The van der Waals surface area contributed by atoms with Crippen molar-refractivity contribution in [3.63, 3.8) is 0 Å². The smallest absolute Gasteiger partial charge is 0.315 e. The summed E-state index contributed by atoms with van der Waals surface area (Å²) in [5.74, 6) is 1.46. The fraction of sp³-hybridized carbons (Fsp3) is 0.588. The molecule has 4 heteroatoms. The SMILES string of the molecule is O=C(NCCc1ccc(CO)cc1)NC(C1CC1)C1CC1. The summed E-state index contributed by atoms with van der Waals surface area (Å²) in [6, 6.07) is 8.24. The van der Waals surface area contributed by atoms with Crippen LogP contribution in [0.1, 0.15) is 36.8 Å². The average Bonchev–Trinajstić information content (AvgIpc) is 3.39. The van der Waals surface area contributed by atoms with Crippen LogP contribution in [0, 0.1) is 11.8 Å². The molecule has 2 aliphatic carbocycles. The van der Waals surface area contributed by atoms with E-state index in [0.717, 1.165) is 23.8 Å². The highest BCUT2D eigenvalue weighted by molar-refractivity contribution is 5.74. The Labute approximate surface area is 125 Å². The number of rotatable bonds is 7. The lowest BCUT2D eigenvalue weighted by atomic mass is 10.1. The molecule has 3 rings (SSSR count). The Morgan fingerprint density at radius 1 is 1.10 bits per heavy atom. The molecule has 0 atom stereocenters. The van der Waals surface area contributed by atoms with Crippen molar-refractivity contribution in [1.29, 1.82) is 0 Å². The molecule has 3 N–H and O–H groups in total. The Kier molecular flexibility index (Phi) is 4.44. The minimum atomic E-state index is -0.0224. The summed E-state index contributed by atoms with van der Waals surface area (Å²) in [5.41, 5.74) is 2.09. The number of aliphatic hydroxyl groups excluding tert-OH is 1. The molecule has 2 saturated carbocycles. The number of nitrogens with one attached hydrogen (secondary N) is 2. The molecule has 0 radical (unpaired) electrons. The van der Waals surface area contributed by atoms with Gasteiger partial charge in [-0.3, -0.25) is 0 Å². The molecule has 0 bridgehead atoms. The third-order valence-electron chi connectivity index (χ3n) is 4.46. The molecule has 0 saturated heterocycles. The van der Waals surface area contributed by atoms with Gasteiger partial charge in [0.1, 0.15) is 0 Å². The first-order valence-electron chi connectivity index (χ1n) is 7.99. The van der Waals surface area contributed by atoms with Crippen LogP contribution in [-0.2, 0) is 13.0 Å². The predicted octanol–water partition coefficient (Wildman–Crippen LogP) is 2.21. The van der Waals surface area contributed by atoms with Crippen LogP contribution in [0.3, 0.4) is 0 Å². The molecule has 4 nitrogen and oxygen atoms in total. The van der Waals surface area contributed by atoms with Gasteiger partial charge in [0.15, 0.2) is 0 Å². The predicted molar refractivity (Wildman–Crippen MR) is 81.8 cm³/mol. The van der Waals surface area contributed by atoms with E-state index >= 15 is 0 Å². The Morgan fingerprint density at radius 2 is 1.67 bits per heavy atom. The molecule has 2 fully saturated rings. The number of benzene rings is 1. The van der Waals surface area contributed by atoms with Crippen molar-refractivity contribution in [1.82, 2.24) is 10.6 Å². The van der Waals surface area contributed by atoms with Gasteiger partial charge in [-0.1, -0.05) is 24.3 Å². The summed E-state index contributed by atoms with van der Waals surface area (Å²) < 4.78 is 0. The van der Waals surface area contributed by atoms with Gasteiger partial charge in [-0.05, 0) is 55.1 Å². The molecular formula is C17H24N2O2. The Bertz CT molecular complexity index is 466. The van der Waals surface area contributed by atoms with Crippen LogP contribution in [-0.4, -0.2) is 23.7 Å². The second-order valence-electron chi connectivity index (χ2n) is 6.33. The largest absolute Gasteiger partial charge is 0.392 e. The van der Waals surface area contributed by atoms with Gasteiger partial charge in [-0.25, -0.2) is 4.79 Å². The Hall–Kier alpha value is -1.55. The molecule has 0 aliphatic heterocycles. The number of aliphatic hydroxyl groups is 1. The van der Waals surface area contributed by atoms with Crippen LogP contribution in [0.25, 0.3) is 0 Å². The van der Waals surface area contributed by atoms with Crippen molar-refractivity contribution in [2.45, 2.75) is 44.8 Å². The lowest BCUT2D eigenvalue weighted by molar-refractivity contribution is 0.233. The molecule has 114 valence electrons. The van der Waals surface area contributed by atoms with E-state index in [9.17, 15) is 4.79 Å². The first kappa shape index (κ1) is 14.4. The molecule has 2 amide bonds. The Balaban J connectivity index is 1.38. The van der Waals surface area contributed by atoms with Gasteiger partial charge in [0.05, 0.1) is 6.61 Å². The third-order valence-corrected chi connectivity index (χ3v) is 4.46. The van der Waals surface area contributed by atoms with Crippen molar-refractivity contribution in [3.8, 4) is 0 Å². The zero-order chi connectivity index (χ0) is 14.7. The van der Waals surface area contributed by atoms with Crippen molar-refractivity contribution >= 4 is 6.03 Å².